The highest BCUT2D eigenvalue weighted by Crippen LogP contribution is 2.24. The zero-order valence-electron chi connectivity index (χ0n) is 13.6. The van der Waals surface area contributed by atoms with Crippen molar-refractivity contribution in [2.75, 3.05) is 13.6 Å². The van der Waals surface area contributed by atoms with Gasteiger partial charge in [0.1, 0.15) is 5.75 Å². The molecule has 0 saturated heterocycles. The molecule has 1 amide bonds. The van der Waals surface area contributed by atoms with Crippen LogP contribution < -0.4 is 10.5 Å². The van der Waals surface area contributed by atoms with E-state index in [0.717, 1.165) is 6.42 Å². The molecule has 0 aromatic heterocycles. The number of likely N-dealkylation sites (N-methyl/N-ethyl adjacent to an activating group) is 1. The van der Waals surface area contributed by atoms with E-state index in [-0.39, 0.29) is 24.4 Å². The molecule has 0 aliphatic carbocycles. The van der Waals surface area contributed by atoms with E-state index in [0.29, 0.717) is 23.2 Å². The molecule has 2 N–H and O–H groups in total. The molecule has 0 aliphatic rings. The van der Waals surface area contributed by atoms with Gasteiger partial charge in [-0.15, -0.1) is 12.4 Å². The van der Waals surface area contributed by atoms with Gasteiger partial charge in [0.05, 0.1) is 5.02 Å². The first-order chi connectivity index (χ1) is 9.82. The molecule has 2 unspecified atom stereocenters. The van der Waals surface area contributed by atoms with E-state index >= 15 is 0 Å². The molecule has 1 aromatic rings. The van der Waals surface area contributed by atoms with Crippen LogP contribution in [0.1, 0.15) is 27.2 Å². The SMILES string of the molecule is CC(Oc1ccccc1Cl)C(=O)N(C)CCC(N)C(C)C.Cl. The highest BCUT2D eigenvalue weighted by Gasteiger charge is 2.20. The lowest BCUT2D eigenvalue weighted by Crippen LogP contribution is -2.40. The molecule has 0 heterocycles. The fourth-order valence-electron chi connectivity index (χ4n) is 1.88. The number of para-hydroxylation sites is 1. The summed E-state index contributed by atoms with van der Waals surface area (Å²) in [5.41, 5.74) is 6.00. The molecule has 0 saturated carbocycles. The van der Waals surface area contributed by atoms with Gasteiger partial charge in [-0.1, -0.05) is 37.6 Å². The number of ether oxygens (including phenoxy) is 1. The number of nitrogens with two attached hydrogens (primary N) is 1. The van der Waals surface area contributed by atoms with Crippen LogP contribution in [-0.2, 0) is 4.79 Å². The monoisotopic (exact) mass is 348 g/mol. The first-order valence-electron chi connectivity index (χ1n) is 7.24. The van der Waals surface area contributed by atoms with Gasteiger partial charge in [0.15, 0.2) is 6.10 Å². The van der Waals surface area contributed by atoms with Gasteiger partial charge in [-0.25, -0.2) is 0 Å². The predicted octanol–water partition coefficient (Wildman–Crippen LogP) is 3.36. The van der Waals surface area contributed by atoms with Crippen molar-refractivity contribution in [3.8, 4) is 5.75 Å². The molecule has 0 bridgehead atoms. The number of benzene rings is 1. The van der Waals surface area contributed by atoms with Gasteiger partial charge in [0.25, 0.3) is 5.91 Å². The fourth-order valence-corrected chi connectivity index (χ4v) is 2.06. The average molecular weight is 349 g/mol. The molecule has 126 valence electrons. The number of carbonyl (C=O) groups is 1. The van der Waals surface area contributed by atoms with Crippen molar-refractivity contribution in [2.24, 2.45) is 11.7 Å². The summed E-state index contributed by atoms with van der Waals surface area (Å²) in [4.78, 5) is 13.9. The molecule has 6 heteroatoms. The van der Waals surface area contributed by atoms with Crippen molar-refractivity contribution in [1.82, 2.24) is 4.90 Å². The molecule has 0 aliphatic heterocycles. The van der Waals surface area contributed by atoms with Gasteiger partial charge in [0.2, 0.25) is 0 Å². The van der Waals surface area contributed by atoms with Crippen molar-refractivity contribution < 1.29 is 9.53 Å². The number of amides is 1. The van der Waals surface area contributed by atoms with Crippen molar-refractivity contribution in [2.45, 2.75) is 39.3 Å². The number of carbonyl (C=O) groups excluding carboxylic acids is 1. The topological polar surface area (TPSA) is 55.6 Å². The Balaban J connectivity index is 0.00000441. The molecule has 22 heavy (non-hydrogen) atoms. The van der Waals surface area contributed by atoms with Crippen LogP contribution in [0.3, 0.4) is 0 Å². The standard InChI is InChI=1S/C16H25ClN2O2.ClH/c1-11(2)14(18)9-10-19(4)16(20)12(3)21-15-8-6-5-7-13(15)17;/h5-8,11-12,14H,9-10,18H2,1-4H3;1H. The lowest BCUT2D eigenvalue weighted by Gasteiger charge is -2.24. The minimum Gasteiger partial charge on any atom is -0.479 e. The maximum absolute atomic E-state index is 12.3. The summed E-state index contributed by atoms with van der Waals surface area (Å²) in [6.45, 7) is 6.50. The first-order valence-corrected chi connectivity index (χ1v) is 7.62. The second kappa shape index (κ2) is 9.93. The molecular weight excluding hydrogens is 323 g/mol. The second-order valence-electron chi connectivity index (χ2n) is 5.65. The van der Waals surface area contributed by atoms with E-state index in [4.69, 9.17) is 22.1 Å². The maximum atomic E-state index is 12.3. The minimum absolute atomic E-state index is 0. The third kappa shape index (κ3) is 6.42. The first kappa shape index (κ1) is 21.0. The van der Waals surface area contributed by atoms with E-state index in [2.05, 4.69) is 13.8 Å². The predicted molar refractivity (Wildman–Crippen MR) is 93.9 cm³/mol. The Labute approximate surface area is 144 Å². The quantitative estimate of drug-likeness (QED) is 0.821. The number of hydrogen-bond acceptors (Lipinski definition) is 3. The highest BCUT2D eigenvalue weighted by atomic mass is 35.5. The third-order valence-corrected chi connectivity index (χ3v) is 3.83. The second-order valence-corrected chi connectivity index (χ2v) is 6.05. The zero-order chi connectivity index (χ0) is 16.0. The summed E-state index contributed by atoms with van der Waals surface area (Å²) in [5.74, 6) is 0.850. The Hall–Kier alpha value is -0.970. The van der Waals surface area contributed by atoms with Crippen LogP contribution in [0.25, 0.3) is 0 Å². The maximum Gasteiger partial charge on any atom is 0.263 e. The van der Waals surface area contributed by atoms with E-state index < -0.39 is 6.10 Å². The van der Waals surface area contributed by atoms with Crippen LogP contribution in [0.4, 0.5) is 0 Å². The van der Waals surface area contributed by atoms with E-state index in [1.807, 2.05) is 12.1 Å². The molecule has 2 atom stereocenters. The van der Waals surface area contributed by atoms with Gasteiger partial charge in [0, 0.05) is 19.6 Å². The van der Waals surface area contributed by atoms with Crippen LogP contribution in [0.15, 0.2) is 24.3 Å². The van der Waals surface area contributed by atoms with Crippen molar-refractivity contribution >= 4 is 29.9 Å². The van der Waals surface area contributed by atoms with Gasteiger partial charge in [-0.2, -0.15) is 0 Å². The molecule has 0 spiro atoms. The summed E-state index contributed by atoms with van der Waals surface area (Å²) in [7, 11) is 1.77. The van der Waals surface area contributed by atoms with Crippen molar-refractivity contribution in [3.05, 3.63) is 29.3 Å². The van der Waals surface area contributed by atoms with Crippen LogP contribution >= 0.6 is 24.0 Å². The smallest absolute Gasteiger partial charge is 0.263 e. The molecule has 1 aromatic carbocycles. The molecule has 4 nitrogen and oxygen atoms in total. The van der Waals surface area contributed by atoms with Crippen LogP contribution in [-0.4, -0.2) is 36.5 Å². The summed E-state index contributed by atoms with van der Waals surface area (Å²) >= 11 is 6.02. The largest absolute Gasteiger partial charge is 0.479 e. The zero-order valence-corrected chi connectivity index (χ0v) is 15.2. The van der Waals surface area contributed by atoms with Gasteiger partial charge in [-0.05, 0) is 31.4 Å². The Bertz CT molecular complexity index is 469. The summed E-state index contributed by atoms with van der Waals surface area (Å²) in [6, 6.07) is 7.23. The molecule has 0 fully saturated rings. The normalized spacial score (nSPS) is 13.2. The molecule has 1 rings (SSSR count). The lowest BCUT2D eigenvalue weighted by atomic mass is 10.0. The summed E-state index contributed by atoms with van der Waals surface area (Å²) < 4.78 is 5.63. The third-order valence-electron chi connectivity index (χ3n) is 3.52. The number of rotatable bonds is 7. The van der Waals surface area contributed by atoms with E-state index in [1.165, 1.54) is 0 Å². The average Bonchev–Trinajstić information content (AvgIpc) is 2.45. The van der Waals surface area contributed by atoms with Crippen LogP contribution in [0.5, 0.6) is 5.75 Å². The Morgan fingerprint density at radius 3 is 2.45 bits per heavy atom. The highest BCUT2D eigenvalue weighted by molar-refractivity contribution is 6.32. The summed E-state index contributed by atoms with van der Waals surface area (Å²) in [5, 5.41) is 0.502. The van der Waals surface area contributed by atoms with Gasteiger partial charge >= 0.3 is 0 Å². The number of nitrogens with zero attached hydrogens (tertiary/aromatic N) is 1. The van der Waals surface area contributed by atoms with Crippen molar-refractivity contribution in [1.29, 1.82) is 0 Å². The number of hydrogen-bond donors (Lipinski definition) is 1. The van der Waals surface area contributed by atoms with E-state index in [1.54, 1.807) is 31.0 Å². The van der Waals surface area contributed by atoms with Gasteiger partial charge in [-0.3, -0.25) is 4.79 Å². The Morgan fingerprint density at radius 1 is 1.32 bits per heavy atom. The van der Waals surface area contributed by atoms with Gasteiger partial charge < -0.3 is 15.4 Å². The fraction of sp³-hybridized carbons (Fsp3) is 0.562. The number of halogens is 2. The lowest BCUT2D eigenvalue weighted by molar-refractivity contribution is -0.136. The van der Waals surface area contributed by atoms with Crippen LogP contribution in [0, 0.1) is 5.92 Å². The Kier molecular flexibility index (Phi) is 9.49. The van der Waals surface area contributed by atoms with E-state index in [9.17, 15) is 4.79 Å². The van der Waals surface area contributed by atoms with Crippen LogP contribution in [0.2, 0.25) is 5.02 Å². The van der Waals surface area contributed by atoms with Crippen molar-refractivity contribution in [3.63, 3.8) is 0 Å². The summed E-state index contributed by atoms with van der Waals surface area (Å²) in [6.07, 6.45) is 0.198. The minimum atomic E-state index is -0.579. The molecular formula is C16H26Cl2N2O2. The molecule has 0 radical (unpaired) electrons. The Morgan fingerprint density at radius 2 is 1.91 bits per heavy atom.